The van der Waals surface area contributed by atoms with Gasteiger partial charge in [0, 0.05) is 31.5 Å². The van der Waals surface area contributed by atoms with E-state index < -0.39 is 5.82 Å². The molecule has 0 heterocycles. The summed E-state index contributed by atoms with van der Waals surface area (Å²) in [6, 6.07) is 13.7. The van der Waals surface area contributed by atoms with Gasteiger partial charge < -0.3 is 15.4 Å². The highest BCUT2D eigenvalue weighted by atomic mass is 19.1. The van der Waals surface area contributed by atoms with Crippen LogP contribution in [0.5, 0.6) is 5.75 Å². The SMILES string of the molecule is COc1ccc(C(=O)CCC(=O)N(CCCN)Cc2ccccc2)cc1F. The Kier molecular flexibility index (Phi) is 7.95. The molecule has 2 aromatic carbocycles. The summed E-state index contributed by atoms with van der Waals surface area (Å²) in [5, 5.41) is 0. The molecule has 0 saturated carbocycles. The standard InChI is InChI=1S/C21H25FN2O3/c1-27-20-10-8-17(14-18(20)22)19(25)9-11-21(26)24(13-5-12-23)15-16-6-3-2-4-7-16/h2-4,6-8,10,14H,5,9,11-13,15,23H2,1H3. The van der Waals surface area contributed by atoms with Crippen molar-refractivity contribution in [3.05, 3.63) is 65.5 Å². The maximum absolute atomic E-state index is 13.8. The first-order valence-electron chi connectivity index (χ1n) is 8.93. The molecular weight excluding hydrogens is 347 g/mol. The van der Waals surface area contributed by atoms with Crippen molar-refractivity contribution in [1.29, 1.82) is 0 Å². The van der Waals surface area contributed by atoms with E-state index in [-0.39, 0.29) is 35.8 Å². The van der Waals surface area contributed by atoms with Gasteiger partial charge in [0.1, 0.15) is 0 Å². The average Bonchev–Trinajstić information content (AvgIpc) is 2.69. The number of benzene rings is 2. The first kappa shape index (κ1) is 20.6. The molecular formula is C21H25FN2O3. The molecule has 6 heteroatoms. The van der Waals surface area contributed by atoms with E-state index in [1.807, 2.05) is 30.3 Å². The Bertz CT molecular complexity index is 765. The van der Waals surface area contributed by atoms with Gasteiger partial charge in [0.25, 0.3) is 0 Å². The van der Waals surface area contributed by atoms with E-state index in [9.17, 15) is 14.0 Å². The Morgan fingerprint density at radius 3 is 2.48 bits per heavy atom. The monoisotopic (exact) mass is 372 g/mol. The number of carbonyl (C=O) groups is 2. The van der Waals surface area contributed by atoms with Crippen LogP contribution in [-0.2, 0) is 11.3 Å². The molecule has 0 aliphatic rings. The lowest BCUT2D eigenvalue weighted by molar-refractivity contribution is -0.131. The zero-order valence-corrected chi connectivity index (χ0v) is 15.5. The first-order valence-corrected chi connectivity index (χ1v) is 8.93. The fourth-order valence-corrected chi connectivity index (χ4v) is 2.74. The van der Waals surface area contributed by atoms with Crippen LogP contribution in [0.1, 0.15) is 35.2 Å². The Morgan fingerprint density at radius 2 is 1.85 bits per heavy atom. The van der Waals surface area contributed by atoms with E-state index in [2.05, 4.69) is 0 Å². The number of methoxy groups -OCH3 is 1. The third kappa shape index (κ3) is 6.18. The second-order valence-electron chi connectivity index (χ2n) is 6.22. The Balaban J connectivity index is 1.97. The van der Waals surface area contributed by atoms with Crippen LogP contribution in [0.2, 0.25) is 0 Å². The summed E-state index contributed by atoms with van der Waals surface area (Å²) in [6.45, 7) is 1.50. The molecule has 2 aromatic rings. The van der Waals surface area contributed by atoms with Gasteiger partial charge in [-0.3, -0.25) is 9.59 Å². The quantitative estimate of drug-likeness (QED) is 0.650. The van der Waals surface area contributed by atoms with E-state index in [4.69, 9.17) is 10.5 Å². The highest BCUT2D eigenvalue weighted by Gasteiger charge is 2.17. The molecule has 2 N–H and O–H groups in total. The number of nitrogens with zero attached hydrogens (tertiary/aromatic N) is 1. The van der Waals surface area contributed by atoms with Crippen LogP contribution in [0.15, 0.2) is 48.5 Å². The van der Waals surface area contributed by atoms with Gasteiger partial charge in [-0.1, -0.05) is 30.3 Å². The van der Waals surface area contributed by atoms with Crippen LogP contribution in [0.4, 0.5) is 4.39 Å². The smallest absolute Gasteiger partial charge is 0.223 e. The molecule has 0 aliphatic carbocycles. The molecule has 0 spiro atoms. The minimum atomic E-state index is -0.594. The second kappa shape index (κ2) is 10.4. The molecule has 1 amide bonds. The Morgan fingerprint density at radius 1 is 1.11 bits per heavy atom. The van der Waals surface area contributed by atoms with E-state index in [0.29, 0.717) is 26.1 Å². The fourth-order valence-electron chi connectivity index (χ4n) is 2.74. The van der Waals surface area contributed by atoms with Gasteiger partial charge in [-0.15, -0.1) is 0 Å². The number of carbonyl (C=O) groups excluding carboxylic acids is 2. The van der Waals surface area contributed by atoms with Crippen molar-refractivity contribution >= 4 is 11.7 Å². The molecule has 0 aliphatic heterocycles. The van der Waals surface area contributed by atoms with Crippen molar-refractivity contribution in [3.63, 3.8) is 0 Å². The van der Waals surface area contributed by atoms with Gasteiger partial charge in [0.15, 0.2) is 17.3 Å². The topological polar surface area (TPSA) is 72.6 Å². The highest BCUT2D eigenvalue weighted by Crippen LogP contribution is 2.19. The van der Waals surface area contributed by atoms with Gasteiger partial charge in [-0.05, 0) is 36.7 Å². The van der Waals surface area contributed by atoms with Crippen molar-refractivity contribution < 1.29 is 18.7 Å². The number of rotatable bonds is 10. The lowest BCUT2D eigenvalue weighted by Crippen LogP contribution is -2.32. The number of halogens is 1. The maximum Gasteiger partial charge on any atom is 0.223 e. The number of hydrogen-bond acceptors (Lipinski definition) is 4. The Labute approximate surface area is 158 Å². The maximum atomic E-state index is 13.8. The predicted molar refractivity (Wildman–Crippen MR) is 102 cm³/mol. The number of ketones is 1. The number of amides is 1. The van der Waals surface area contributed by atoms with E-state index in [1.54, 1.807) is 4.90 Å². The summed E-state index contributed by atoms with van der Waals surface area (Å²) in [5.74, 6) is -0.903. The normalized spacial score (nSPS) is 10.5. The summed E-state index contributed by atoms with van der Waals surface area (Å²) in [4.78, 5) is 26.6. The molecule has 0 radical (unpaired) electrons. The van der Waals surface area contributed by atoms with Gasteiger partial charge >= 0.3 is 0 Å². The van der Waals surface area contributed by atoms with Gasteiger partial charge in [0.2, 0.25) is 5.91 Å². The molecule has 0 saturated heterocycles. The molecule has 27 heavy (non-hydrogen) atoms. The second-order valence-corrected chi connectivity index (χ2v) is 6.22. The van der Waals surface area contributed by atoms with E-state index in [1.165, 1.54) is 19.2 Å². The molecule has 144 valence electrons. The summed E-state index contributed by atoms with van der Waals surface area (Å²) in [5.41, 5.74) is 6.82. The predicted octanol–water partition coefficient (Wildman–Crippen LogP) is 3.17. The average molecular weight is 372 g/mol. The molecule has 0 bridgehead atoms. The molecule has 0 atom stereocenters. The molecule has 0 aromatic heterocycles. The summed E-state index contributed by atoms with van der Waals surface area (Å²) < 4.78 is 18.6. The molecule has 2 rings (SSSR count). The zero-order valence-electron chi connectivity index (χ0n) is 15.5. The van der Waals surface area contributed by atoms with Crippen LogP contribution in [0.3, 0.4) is 0 Å². The van der Waals surface area contributed by atoms with Crippen LogP contribution in [0, 0.1) is 5.82 Å². The number of ether oxygens (including phenoxy) is 1. The molecule has 0 unspecified atom stereocenters. The lowest BCUT2D eigenvalue weighted by Gasteiger charge is -2.22. The van der Waals surface area contributed by atoms with Crippen molar-refractivity contribution in [2.45, 2.75) is 25.8 Å². The van der Waals surface area contributed by atoms with E-state index in [0.717, 1.165) is 11.6 Å². The minimum absolute atomic E-state index is 0.0263. The van der Waals surface area contributed by atoms with Gasteiger partial charge in [-0.2, -0.15) is 0 Å². The summed E-state index contributed by atoms with van der Waals surface area (Å²) in [7, 11) is 1.36. The third-order valence-electron chi connectivity index (χ3n) is 4.24. The Hall–Kier alpha value is -2.73. The van der Waals surface area contributed by atoms with Gasteiger partial charge in [-0.25, -0.2) is 4.39 Å². The largest absolute Gasteiger partial charge is 0.494 e. The van der Waals surface area contributed by atoms with E-state index >= 15 is 0 Å². The van der Waals surface area contributed by atoms with Crippen molar-refractivity contribution in [1.82, 2.24) is 4.90 Å². The van der Waals surface area contributed by atoms with Crippen molar-refractivity contribution in [2.75, 3.05) is 20.2 Å². The van der Waals surface area contributed by atoms with Crippen LogP contribution < -0.4 is 10.5 Å². The highest BCUT2D eigenvalue weighted by molar-refractivity contribution is 5.98. The zero-order chi connectivity index (χ0) is 19.6. The summed E-state index contributed by atoms with van der Waals surface area (Å²) in [6.07, 6.45) is 0.790. The molecule has 0 fully saturated rings. The van der Waals surface area contributed by atoms with Crippen molar-refractivity contribution in [2.24, 2.45) is 5.73 Å². The van der Waals surface area contributed by atoms with Gasteiger partial charge in [0.05, 0.1) is 7.11 Å². The summed E-state index contributed by atoms with van der Waals surface area (Å²) >= 11 is 0. The van der Waals surface area contributed by atoms with Crippen LogP contribution in [0.25, 0.3) is 0 Å². The van der Waals surface area contributed by atoms with Crippen LogP contribution in [-0.4, -0.2) is 36.8 Å². The van der Waals surface area contributed by atoms with Crippen LogP contribution >= 0.6 is 0 Å². The number of Topliss-reactive ketones (excluding diaryl/α,β-unsaturated/α-hetero) is 1. The number of nitrogens with two attached hydrogens (primary N) is 1. The fraction of sp³-hybridized carbons (Fsp3) is 0.333. The van der Waals surface area contributed by atoms with Crippen molar-refractivity contribution in [3.8, 4) is 5.75 Å². The minimum Gasteiger partial charge on any atom is -0.494 e. The first-order chi connectivity index (χ1) is 13.0. The molecule has 5 nitrogen and oxygen atoms in total. The number of hydrogen-bond donors (Lipinski definition) is 1. The lowest BCUT2D eigenvalue weighted by atomic mass is 10.1. The third-order valence-corrected chi connectivity index (χ3v) is 4.24.